The molecule has 0 unspecified atom stereocenters. The summed E-state index contributed by atoms with van der Waals surface area (Å²) in [7, 11) is 0. The zero-order valence-electron chi connectivity index (χ0n) is 9.81. The van der Waals surface area contributed by atoms with E-state index in [0.29, 0.717) is 0 Å². The van der Waals surface area contributed by atoms with Crippen molar-refractivity contribution in [2.45, 2.75) is 6.54 Å². The van der Waals surface area contributed by atoms with Crippen LogP contribution in [0.1, 0.15) is 5.56 Å². The Labute approximate surface area is 116 Å². The number of anilines is 1. The maximum absolute atomic E-state index is 13.4. The van der Waals surface area contributed by atoms with E-state index in [2.05, 4.69) is 15.3 Å². The second kappa shape index (κ2) is 5.74. The van der Waals surface area contributed by atoms with Gasteiger partial charge < -0.3 is 5.32 Å². The summed E-state index contributed by atoms with van der Waals surface area (Å²) in [6.07, 6.45) is 0.943. The Morgan fingerprint density at radius 3 is 2.80 bits per heavy atom. The van der Waals surface area contributed by atoms with Gasteiger partial charge in [-0.25, -0.2) is 13.8 Å². The van der Waals surface area contributed by atoms with E-state index in [1.807, 2.05) is 0 Å². The highest BCUT2D eigenvalue weighted by molar-refractivity contribution is 6.28. The molecule has 0 atom stereocenters. The molecule has 0 bridgehead atoms. The molecule has 20 heavy (non-hydrogen) atoms. The number of hydrogen-bond acceptors (Lipinski definition) is 5. The molecule has 0 amide bonds. The van der Waals surface area contributed by atoms with Crippen LogP contribution in [0, 0.1) is 21.7 Å². The summed E-state index contributed by atoms with van der Waals surface area (Å²) in [5, 5.41) is 13.2. The van der Waals surface area contributed by atoms with E-state index in [1.54, 1.807) is 0 Å². The van der Waals surface area contributed by atoms with Gasteiger partial charge in [0.2, 0.25) is 11.1 Å². The number of hydrogen-bond donors (Lipinski definition) is 1. The predicted molar refractivity (Wildman–Crippen MR) is 67.4 cm³/mol. The highest BCUT2D eigenvalue weighted by Gasteiger charge is 2.17. The third-order valence-corrected chi connectivity index (χ3v) is 2.58. The van der Waals surface area contributed by atoms with Crippen LogP contribution in [0.4, 0.5) is 20.3 Å². The topological polar surface area (TPSA) is 81.0 Å². The fourth-order valence-electron chi connectivity index (χ4n) is 1.46. The molecular weight excluding hydrogens is 294 g/mol. The van der Waals surface area contributed by atoms with Crippen molar-refractivity contribution < 1.29 is 13.7 Å². The van der Waals surface area contributed by atoms with Crippen LogP contribution >= 0.6 is 11.6 Å². The molecule has 6 nitrogen and oxygen atoms in total. The number of nitrogens with one attached hydrogen (secondary N) is 1. The third-order valence-electron chi connectivity index (χ3n) is 2.40. The summed E-state index contributed by atoms with van der Waals surface area (Å²) >= 11 is 5.55. The van der Waals surface area contributed by atoms with Crippen LogP contribution in [0.2, 0.25) is 5.28 Å². The number of aromatic nitrogens is 2. The van der Waals surface area contributed by atoms with Crippen LogP contribution in [0.5, 0.6) is 0 Å². The van der Waals surface area contributed by atoms with Crippen LogP contribution in [-0.2, 0) is 6.54 Å². The molecule has 0 aliphatic heterocycles. The standard InChI is InChI=1S/C11H7ClF2N4O2/c12-11-16-5-9(18(19)20)10(17-11)15-4-6-1-2-7(13)3-8(6)14/h1-3,5H,4H2,(H,15,16,17). The zero-order valence-corrected chi connectivity index (χ0v) is 10.6. The van der Waals surface area contributed by atoms with Gasteiger partial charge in [-0.1, -0.05) is 6.07 Å². The van der Waals surface area contributed by atoms with Crippen molar-refractivity contribution in [1.82, 2.24) is 9.97 Å². The van der Waals surface area contributed by atoms with E-state index in [4.69, 9.17) is 11.6 Å². The van der Waals surface area contributed by atoms with Crippen LogP contribution in [0.15, 0.2) is 24.4 Å². The average molecular weight is 301 g/mol. The first-order chi connectivity index (χ1) is 9.47. The van der Waals surface area contributed by atoms with Gasteiger partial charge in [0, 0.05) is 18.2 Å². The minimum absolute atomic E-state index is 0.111. The molecule has 1 heterocycles. The van der Waals surface area contributed by atoms with Crippen molar-refractivity contribution >= 4 is 23.1 Å². The highest BCUT2D eigenvalue weighted by atomic mass is 35.5. The molecule has 0 spiro atoms. The third kappa shape index (κ3) is 3.15. The monoisotopic (exact) mass is 300 g/mol. The van der Waals surface area contributed by atoms with Gasteiger partial charge in [0.25, 0.3) is 0 Å². The van der Waals surface area contributed by atoms with Gasteiger partial charge in [-0.05, 0) is 17.7 Å². The van der Waals surface area contributed by atoms with E-state index in [1.165, 1.54) is 6.07 Å². The highest BCUT2D eigenvalue weighted by Crippen LogP contribution is 2.23. The smallest absolute Gasteiger partial charge is 0.329 e. The number of benzene rings is 1. The molecule has 2 aromatic rings. The van der Waals surface area contributed by atoms with Crippen molar-refractivity contribution in [1.29, 1.82) is 0 Å². The van der Waals surface area contributed by atoms with E-state index >= 15 is 0 Å². The average Bonchev–Trinajstić information content (AvgIpc) is 2.37. The van der Waals surface area contributed by atoms with Crippen molar-refractivity contribution in [2.75, 3.05) is 5.32 Å². The summed E-state index contributed by atoms with van der Waals surface area (Å²) in [5.41, 5.74) is -0.257. The Balaban J connectivity index is 2.22. The summed E-state index contributed by atoms with van der Waals surface area (Å²) in [5.74, 6) is -1.61. The largest absolute Gasteiger partial charge is 0.360 e. The molecule has 1 aromatic carbocycles. The zero-order chi connectivity index (χ0) is 14.7. The SMILES string of the molecule is O=[N+]([O-])c1cnc(Cl)nc1NCc1ccc(F)cc1F. The molecule has 1 N–H and O–H groups in total. The minimum Gasteiger partial charge on any atom is -0.360 e. The molecule has 9 heteroatoms. The lowest BCUT2D eigenvalue weighted by Gasteiger charge is -2.07. The fourth-order valence-corrected chi connectivity index (χ4v) is 1.59. The van der Waals surface area contributed by atoms with E-state index in [9.17, 15) is 18.9 Å². The summed E-state index contributed by atoms with van der Waals surface area (Å²) < 4.78 is 26.2. The van der Waals surface area contributed by atoms with Gasteiger partial charge in [-0.3, -0.25) is 10.1 Å². The van der Waals surface area contributed by atoms with Crippen LogP contribution in [-0.4, -0.2) is 14.9 Å². The predicted octanol–water partition coefficient (Wildman–Crippen LogP) is 2.93. The minimum atomic E-state index is -0.764. The lowest BCUT2D eigenvalue weighted by molar-refractivity contribution is -0.384. The van der Waals surface area contributed by atoms with E-state index in [0.717, 1.165) is 18.3 Å². The van der Waals surface area contributed by atoms with Gasteiger partial charge >= 0.3 is 5.69 Å². The molecule has 0 saturated heterocycles. The Hall–Kier alpha value is -2.35. The lowest BCUT2D eigenvalue weighted by Crippen LogP contribution is -2.07. The Morgan fingerprint density at radius 1 is 1.40 bits per heavy atom. The Bertz CT molecular complexity index is 669. The maximum atomic E-state index is 13.4. The van der Waals surface area contributed by atoms with Crippen LogP contribution in [0.25, 0.3) is 0 Å². The second-order valence-electron chi connectivity index (χ2n) is 3.72. The second-order valence-corrected chi connectivity index (χ2v) is 4.06. The van der Waals surface area contributed by atoms with Crippen molar-refractivity contribution in [3.05, 3.63) is 57.0 Å². The molecule has 104 valence electrons. The molecular formula is C11H7ClF2N4O2. The first kappa shape index (κ1) is 14.1. The van der Waals surface area contributed by atoms with E-state index in [-0.39, 0.29) is 23.2 Å². The molecule has 0 aliphatic rings. The van der Waals surface area contributed by atoms with Crippen molar-refractivity contribution in [3.63, 3.8) is 0 Å². The maximum Gasteiger partial charge on any atom is 0.329 e. The van der Waals surface area contributed by atoms with Gasteiger partial charge in [0.15, 0.2) is 0 Å². The first-order valence-corrected chi connectivity index (χ1v) is 5.70. The summed E-state index contributed by atoms with van der Waals surface area (Å²) in [6.45, 7) is -0.111. The number of nitro groups is 1. The number of nitrogens with zero attached hydrogens (tertiary/aromatic N) is 3. The fraction of sp³-hybridized carbons (Fsp3) is 0.0909. The van der Waals surface area contributed by atoms with Crippen molar-refractivity contribution in [3.8, 4) is 0 Å². The molecule has 1 aromatic heterocycles. The quantitative estimate of drug-likeness (QED) is 0.533. The van der Waals surface area contributed by atoms with Gasteiger partial charge in [-0.2, -0.15) is 4.98 Å². The van der Waals surface area contributed by atoms with Gasteiger partial charge in [0.05, 0.1) is 4.92 Å². The molecule has 0 radical (unpaired) electrons. The summed E-state index contributed by atoms with van der Waals surface area (Å²) in [4.78, 5) is 17.2. The first-order valence-electron chi connectivity index (χ1n) is 5.32. The Morgan fingerprint density at radius 2 is 2.15 bits per heavy atom. The number of rotatable bonds is 4. The van der Waals surface area contributed by atoms with Crippen LogP contribution < -0.4 is 5.32 Å². The molecule has 0 aliphatic carbocycles. The molecule has 2 rings (SSSR count). The van der Waals surface area contributed by atoms with Crippen LogP contribution in [0.3, 0.4) is 0 Å². The van der Waals surface area contributed by atoms with Gasteiger partial charge in [-0.15, -0.1) is 0 Å². The normalized spacial score (nSPS) is 10.3. The van der Waals surface area contributed by atoms with Gasteiger partial charge in [0.1, 0.15) is 17.8 Å². The summed E-state index contributed by atoms with van der Waals surface area (Å²) in [6, 6.07) is 3.03. The van der Waals surface area contributed by atoms with E-state index < -0.39 is 22.2 Å². The molecule has 0 fully saturated rings. The number of halogens is 3. The lowest BCUT2D eigenvalue weighted by atomic mass is 10.2. The molecule has 0 saturated carbocycles. The Kier molecular flexibility index (Phi) is 4.04. The van der Waals surface area contributed by atoms with Crippen molar-refractivity contribution in [2.24, 2.45) is 0 Å².